The van der Waals surface area contributed by atoms with Gasteiger partial charge in [-0.05, 0) is 12.2 Å². The molecule has 0 heterocycles. The van der Waals surface area contributed by atoms with Crippen LogP contribution in [-0.2, 0) is 0 Å². The fourth-order valence-electron chi connectivity index (χ4n) is 0.205. The van der Waals surface area contributed by atoms with Crippen LogP contribution in [-0.4, -0.2) is 11.7 Å². The summed E-state index contributed by atoms with van der Waals surface area (Å²) in [6.07, 6.45) is 0. The minimum atomic E-state index is 0.395. The van der Waals surface area contributed by atoms with Gasteiger partial charge in [0.05, 0.1) is 0 Å². The molecule has 0 bridgehead atoms. The van der Waals surface area contributed by atoms with Crippen LogP contribution in [0.4, 0.5) is 0 Å². The van der Waals surface area contributed by atoms with Crippen molar-refractivity contribution in [3.63, 3.8) is 0 Å². The summed E-state index contributed by atoms with van der Waals surface area (Å²) in [5.41, 5.74) is 7.65. The Labute approximate surface area is 53.8 Å². The topological polar surface area (TPSA) is 62.1 Å². The number of nitrogens with one attached hydrogen (secondary N) is 3. The summed E-state index contributed by atoms with van der Waals surface area (Å²) in [6, 6.07) is 0. The van der Waals surface area contributed by atoms with E-state index in [4.69, 9.17) is 5.84 Å². The maximum Gasteiger partial charge on any atom is 0.195 e. The molecule has 8 heavy (non-hydrogen) atoms. The molecule has 0 aliphatic heterocycles. The zero-order valence-corrected chi connectivity index (χ0v) is 5.51. The summed E-state index contributed by atoms with van der Waals surface area (Å²) in [7, 11) is 0. The van der Waals surface area contributed by atoms with Gasteiger partial charge in [0.25, 0.3) is 0 Å². The number of hydrogen-bond acceptors (Lipinski definition) is 3. The molecule has 5 N–H and O–H groups in total. The maximum atomic E-state index is 4.92. The van der Waals surface area contributed by atoms with Gasteiger partial charge >= 0.3 is 0 Å². The predicted molar refractivity (Wildman–Crippen MR) is 36.7 cm³/mol. The van der Waals surface area contributed by atoms with Crippen LogP contribution < -0.4 is 22.1 Å². The second kappa shape index (κ2) is 4.76. The van der Waals surface area contributed by atoms with Crippen LogP contribution in [0.3, 0.4) is 0 Å². The summed E-state index contributed by atoms with van der Waals surface area (Å²) in [4.78, 5) is 0. The van der Waals surface area contributed by atoms with Crippen molar-refractivity contribution in [3.05, 3.63) is 0 Å². The predicted octanol–water partition coefficient (Wildman–Crippen LogP) is -1.15. The molecule has 0 aromatic rings. The van der Waals surface area contributed by atoms with E-state index < -0.39 is 0 Å². The SMILES string of the molecule is CCNNC(=S)NN. The van der Waals surface area contributed by atoms with Gasteiger partial charge in [0.15, 0.2) is 5.11 Å². The average Bonchev–Trinajstić information content (AvgIpc) is 1.83. The van der Waals surface area contributed by atoms with Crippen molar-refractivity contribution >= 4 is 17.3 Å². The second-order valence-electron chi connectivity index (χ2n) is 1.13. The van der Waals surface area contributed by atoms with Gasteiger partial charge in [-0.25, -0.2) is 11.3 Å². The number of rotatable bonds is 2. The van der Waals surface area contributed by atoms with Crippen LogP contribution in [0.2, 0.25) is 0 Å². The molecular formula is C3H10N4S. The smallest absolute Gasteiger partial charge is 0.195 e. The van der Waals surface area contributed by atoms with Crippen LogP contribution >= 0.6 is 12.2 Å². The number of nitrogens with two attached hydrogens (primary N) is 1. The first-order chi connectivity index (χ1) is 3.81. The maximum absolute atomic E-state index is 4.92. The van der Waals surface area contributed by atoms with Crippen molar-refractivity contribution in [1.29, 1.82) is 0 Å². The lowest BCUT2D eigenvalue weighted by molar-refractivity contribution is 0.674. The van der Waals surface area contributed by atoms with E-state index in [1.807, 2.05) is 6.92 Å². The van der Waals surface area contributed by atoms with Gasteiger partial charge in [-0.3, -0.25) is 10.9 Å². The van der Waals surface area contributed by atoms with Crippen LogP contribution in [0.25, 0.3) is 0 Å². The van der Waals surface area contributed by atoms with Crippen molar-refractivity contribution in [2.45, 2.75) is 6.92 Å². The lowest BCUT2D eigenvalue weighted by Gasteiger charge is -2.04. The largest absolute Gasteiger partial charge is 0.300 e. The number of hydrogen-bond donors (Lipinski definition) is 4. The standard InChI is InChI=1S/C3H10N4S/c1-2-5-7-3(8)6-4/h5H,2,4H2,1H3,(H2,6,7,8). The summed E-state index contributed by atoms with van der Waals surface area (Å²) >= 11 is 4.61. The monoisotopic (exact) mass is 134 g/mol. The zero-order valence-electron chi connectivity index (χ0n) is 4.69. The van der Waals surface area contributed by atoms with E-state index in [-0.39, 0.29) is 0 Å². The van der Waals surface area contributed by atoms with E-state index in [1.165, 1.54) is 0 Å². The summed E-state index contributed by atoms with van der Waals surface area (Å²) in [6.45, 7) is 2.76. The molecule has 0 aromatic heterocycles. The fraction of sp³-hybridized carbons (Fsp3) is 0.667. The van der Waals surface area contributed by atoms with Crippen molar-refractivity contribution in [1.82, 2.24) is 16.3 Å². The molecule has 0 aliphatic rings. The highest BCUT2D eigenvalue weighted by molar-refractivity contribution is 7.80. The van der Waals surface area contributed by atoms with Crippen molar-refractivity contribution < 1.29 is 0 Å². The van der Waals surface area contributed by atoms with Crippen LogP contribution in [0.15, 0.2) is 0 Å². The third-order valence-electron chi connectivity index (χ3n) is 0.510. The van der Waals surface area contributed by atoms with Gasteiger partial charge < -0.3 is 0 Å². The lowest BCUT2D eigenvalue weighted by Crippen LogP contribution is -2.46. The first-order valence-corrected chi connectivity index (χ1v) is 2.71. The molecule has 5 heteroatoms. The molecular weight excluding hydrogens is 124 g/mol. The first-order valence-electron chi connectivity index (χ1n) is 2.30. The summed E-state index contributed by atoms with van der Waals surface area (Å²) in [5, 5.41) is 0.395. The molecule has 0 fully saturated rings. The first kappa shape index (κ1) is 7.61. The Morgan fingerprint density at radius 2 is 2.38 bits per heavy atom. The molecule has 0 aliphatic carbocycles. The van der Waals surface area contributed by atoms with Gasteiger partial charge in [0.1, 0.15) is 0 Å². The molecule has 0 atom stereocenters. The minimum absolute atomic E-state index is 0.395. The van der Waals surface area contributed by atoms with E-state index in [9.17, 15) is 0 Å². The van der Waals surface area contributed by atoms with E-state index in [0.29, 0.717) is 5.11 Å². The van der Waals surface area contributed by atoms with Crippen LogP contribution in [0.1, 0.15) is 6.92 Å². The Hall–Kier alpha value is -0.390. The second-order valence-corrected chi connectivity index (χ2v) is 1.54. The van der Waals surface area contributed by atoms with Gasteiger partial charge in [-0.1, -0.05) is 6.92 Å². The van der Waals surface area contributed by atoms with E-state index in [1.54, 1.807) is 0 Å². The third-order valence-corrected chi connectivity index (χ3v) is 0.730. The number of hydrazine groups is 2. The molecule has 0 unspecified atom stereocenters. The van der Waals surface area contributed by atoms with E-state index in [0.717, 1.165) is 6.54 Å². The molecule has 0 aromatic carbocycles. The highest BCUT2D eigenvalue weighted by Gasteiger charge is 1.83. The van der Waals surface area contributed by atoms with Crippen LogP contribution in [0, 0.1) is 0 Å². The van der Waals surface area contributed by atoms with Crippen molar-refractivity contribution in [2.24, 2.45) is 5.84 Å². The third kappa shape index (κ3) is 3.79. The minimum Gasteiger partial charge on any atom is -0.300 e. The lowest BCUT2D eigenvalue weighted by atomic mass is 10.8. The van der Waals surface area contributed by atoms with Crippen molar-refractivity contribution in [3.8, 4) is 0 Å². The Kier molecular flexibility index (Phi) is 4.53. The molecule has 4 nitrogen and oxygen atoms in total. The molecule has 0 saturated carbocycles. The molecule has 0 amide bonds. The Morgan fingerprint density at radius 3 is 2.75 bits per heavy atom. The Bertz CT molecular complexity index is 73.7. The Balaban J connectivity index is 2.99. The molecule has 0 spiro atoms. The van der Waals surface area contributed by atoms with Gasteiger partial charge in [-0.15, -0.1) is 0 Å². The van der Waals surface area contributed by atoms with Gasteiger partial charge in [-0.2, -0.15) is 0 Å². The van der Waals surface area contributed by atoms with Crippen LogP contribution in [0.5, 0.6) is 0 Å². The highest BCUT2D eigenvalue weighted by Crippen LogP contribution is 1.53. The van der Waals surface area contributed by atoms with Crippen molar-refractivity contribution in [2.75, 3.05) is 6.54 Å². The zero-order chi connectivity index (χ0) is 6.41. The molecule has 48 valence electrons. The van der Waals surface area contributed by atoms with E-state index in [2.05, 4.69) is 28.5 Å². The normalized spacial score (nSPS) is 8.25. The molecule has 0 saturated heterocycles. The molecule has 0 rings (SSSR count). The fourth-order valence-corrected chi connectivity index (χ4v) is 0.277. The van der Waals surface area contributed by atoms with Gasteiger partial charge in [0.2, 0.25) is 0 Å². The van der Waals surface area contributed by atoms with E-state index >= 15 is 0 Å². The summed E-state index contributed by atoms with van der Waals surface area (Å²) in [5.74, 6) is 4.92. The summed E-state index contributed by atoms with van der Waals surface area (Å²) < 4.78 is 0. The average molecular weight is 134 g/mol. The number of thiocarbonyl (C=S) groups is 1. The quantitative estimate of drug-likeness (QED) is 0.218. The highest BCUT2D eigenvalue weighted by atomic mass is 32.1. The Morgan fingerprint density at radius 1 is 1.75 bits per heavy atom. The van der Waals surface area contributed by atoms with Gasteiger partial charge in [0, 0.05) is 6.54 Å². The molecule has 0 radical (unpaired) electrons.